The van der Waals surface area contributed by atoms with Crippen LogP contribution in [0.3, 0.4) is 0 Å². The van der Waals surface area contributed by atoms with Crippen LogP contribution in [-0.2, 0) is 32.3 Å². The van der Waals surface area contributed by atoms with Crippen molar-refractivity contribution in [3.05, 3.63) is 71.8 Å². The molecule has 0 spiro atoms. The third-order valence-electron chi connectivity index (χ3n) is 5.32. The first-order chi connectivity index (χ1) is 14.1. The zero-order chi connectivity index (χ0) is 20.5. The van der Waals surface area contributed by atoms with Gasteiger partial charge in [0.05, 0.1) is 0 Å². The lowest BCUT2D eigenvalue weighted by molar-refractivity contribution is -0.174. The number of benzene rings is 2. The lowest BCUT2D eigenvalue weighted by Crippen LogP contribution is -2.49. The van der Waals surface area contributed by atoms with Crippen LogP contribution in [0.1, 0.15) is 37.3 Å². The molecule has 0 aliphatic carbocycles. The number of esters is 2. The van der Waals surface area contributed by atoms with Crippen LogP contribution in [0.2, 0.25) is 0 Å². The summed E-state index contributed by atoms with van der Waals surface area (Å²) in [4.78, 5) is 28.2. The van der Waals surface area contributed by atoms with Crippen molar-refractivity contribution in [1.29, 1.82) is 0 Å². The predicted octanol–water partition coefficient (Wildman–Crippen LogP) is 3.97. The quantitative estimate of drug-likeness (QED) is 0.500. The van der Waals surface area contributed by atoms with Gasteiger partial charge >= 0.3 is 11.9 Å². The summed E-state index contributed by atoms with van der Waals surface area (Å²) < 4.78 is 11.1. The van der Waals surface area contributed by atoms with E-state index in [1.807, 2.05) is 60.7 Å². The summed E-state index contributed by atoms with van der Waals surface area (Å²) in [5, 5.41) is 0. The number of hydrogen-bond acceptors (Lipinski definition) is 5. The van der Waals surface area contributed by atoms with E-state index in [-0.39, 0.29) is 13.2 Å². The molecule has 29 heavy (non-hydrogen) atoms. The van der Waals surface area contributed by atoms with Crippen LogP contribution in [-0.4, -0.2) is 36.5 Å². The predicted molar refractivity (Wildman–Crippen MR) is 111 cm³/mol. The zero-order valence-electron chi connectivity index (χ0n) is 17.0. The first-order valence-corrected chi connectivity index (χ1v) is 10.2. The first kappa shape index (κ1) is 21.1. The second kappa shape index (κ2) is 10.2. The van der Waals surface area contributed by atoms with Crippen LogP contribution in [0.4, 0.5) is 0 Å². The lowest BCUT2D eigenvalue weighted by atomic mass is 9.89. The topological polar surface area (TPSA) is 55.8 Å². The number of carbonyl (C=O) groups is 2. The Morgan fingerprint density at radius 1 is 0.793 bits per heavy atom. The summed E-state index contributed by atoms with van der Waals surface area (Å²) in [6, 6.07) is 19.0. The van der Waals surface area contributed by atoms with Gasteiger partial charge in [0.1, 0.15) is 13.2 Å². The number of ether oxygens (including phenoxy) is 2. The van der Waals surface area contributed by atoms with Crippen molar-refractivity contribution in [1.82, 2.24) is 4.90 Å². The molecule has 5 nitrogen and oxygen atoms in total. The van der Waals surface area contributed by atoms with E-state index in [1.165, 1.54) is 6.42 Å². The Kier molecular flexibility index (Phi) is 7.42. The molecule has 1 heterocycles. The van der Waals surface area contributed by atoms with Gasteiger partial charge in [-0.1, -0.05) is 67.1 Å². The Morgan fingerprint density at radius 3 is 1.69 bits per heavy atom. The monoisotopic (exact) mass is 395 g/mol. The van der Waals surface area contributed by atoms with Gasteiger partial charge in [0, 0.05) is 6.54 Å². The van der Waals surface area contributed by atoms with Crippen LogP contribution < -0.4 is 0 Å². The molecule has 1 fully saturated rings. The number of nitrogens with zero attached hydrogens (tertiary/aromatic N) is 1. The van der Waals surface area contributed by atoms with Gasteiger partial charge in [-0.25, -0.2) is 0 Å². The Balaban J connectivity index is 1.68. The van der Waals surface area contributed by atoms with E-state index in [2.05, 4.69) is 4.90 Å². The summed E-state index contributed by atoms with van der Waals surface area (Å²) in [6.45, 7) is 4.00. The van der Waals surface area contributed by atoms with Crippen molar-refractivity contribution >= 4 is 11.9 Å². The largest absolute Gasteiger partial charge is 0.460 e. The van der Waals surface area contributed by atoms with Crippen LogP contribution >= 0.6 is 0 Å². The molecule has 2 aromatic rings. The molecule has 0 N–H and O–H groups in total. The molecule has 1 saturated heterocycles. The molecule has 0 radical (unpaired) electrons. The lowest BCUT2D eigenvalue weighted by Gasteiger charge is -2.34. The minimum absolute atomic E-state index is 0.140. The van der Waals surface area contributed by atoms with E-state index in [4.69, 9.17) is 9.47 Å². The van der Waals surface area contributed by atoms with Gasteiger partial charge in [-0.05, 0) is 44.0 Å². The molecular weight excluding hydrogens is 366 g/mol. The fourth-order valence-corrected chi connectivity index (χ4v) is 3.54. The van der Waals surface area contributed by atoms with E-state index < -0.39 is 17.4 Å². The van der Waals surface area contributed by atoms with Crippen LogP contribution in [0.15, 0.2) is 60.7 Å². The number of hydrogen-bond donors (Lipinski definition) is 0. The molecule has 5 heteroatoms. The third kappa shape index (κ3) is 5.91. The van der Waals surface area contributed by atoms with E-state index in [0.29, 0.717) is 6.54 Å². The minimum Gasteiger partial charge on any atom is -0.460 e. The highest BCUT2D eigenvalue weighted by Gasteiger charge is 2.46. The number of likely N-dealkylation sites (tertiary alicyclic amines) is 1. The van der Waals surface area contributed by atoms with Crippen molar-refractivity contribution in [3.8, 4) is 0 Å². The van der Waals surface area contributed by atoms with E-state index in [0.717, 1.165) is 37.1 Å². The molecule has 0 aromatic heterocycles. The van der Waals surface area contributed by atoms with Gasteiger partial charge in [0.25, 0.3) is 0 Å². The summed E-state index contributed by atoms with van der Waals surface area (Å²) >= 11 is 0. The highest BCUT2D eigenvalue weighted by atomic mass is 16.6. The van der Waals surface area contributed by atoms with Crippen molar-refractivity contribution < 1.29 is 19.1 Å². The maximum Gasteiger partial charge on any atom is 0.324 e. The number of piperidine rings is 1. The zero-order valence-corrected chi connectivity index (χ0v) is 17.0. The molecule has 2 aromatic carbocycles. The first-order valence-electron chi connectivity index (χ1n) is 10.2. The highest BCUT2D eigenvalue weighted by molar-refractivity contribution is 6.00. The van der Waals surface area contributed by atoms with Gasteiger partial charge in [-0.3, -0.25) is 9.59 Å². The van der Waals surface area contributed by atoms with Crippen LogP contribution in [0.5, 0.6) is 0 Å². The molecule has 3 rings (SSSR count). The highest BCUT2D eigenvalue weighted by Crippen LogP contribution is 2.26. The summed E-state index contributed by atoms with van der Waals surface area (Å²) in [6.07, 6.45) is 3.34. The van der Waals surface area contributed by atoms with Crippen molar-refractivity contribution in [2.75, 3.05) is 19.6 Å². The molecule has 1 aliphatic rings. The van der Waals surface area contributed by atoms with Gasteiger partial charge in [0.2, 0.25) is 0 Å². The number of carbonyl (C=O) groups excluding carboxylic acids is 2. The Hall–Kier alpha value is -2.66. The average Bonchev–Trinajstić information content (AvgIpc) is 2.77. The smallest absolute Gasteiger partial charge is 0.324 e. The Bertz CT molecular complexity index is 730. The second-order valence-corrected chi connectivity index (χ2v) is 7.79. The summed E-state index contributed by atoms with van der Waals surface area (Å²) in [5.41, 5.74) is 0.415. The molecule has 0 atom stereocenters. The standard InChI is InChI=1S/C24H29NO4/c1-24(19-25-15-9-4-10-16-25,22(26)28-17-20-11-5-2-6-12-20)23(27)29-18-21-13-7-3-8-14-21/h2-3,5-8,11-14H,4,9-10,15-19H2,1H3. The van der Waals surface area contributed by atoms with Gasteiger partial charge in [-0.2, -0.15) is 0 Å². The summed E-state index contributed by atoms with van der Waals surface area (Å²) in [7, 11) is 0. The SMILES string of the molecule is CC(CN1CCCCC1)(C(=O)OCc1ccccc1)C(=O)OCc1ccccc1. The van der Waals surface area contributed by atoms with E-state index in [1.54, 1.807) is 6.92 Å². The maximum atomic E-state index is 13.0. The fraction of sp³-hybridized carbons (Fsp3) is 0.417. The average molecular weight is 395 g/mol. The van der Waals surface area contributed by atoms with Crippen molar-refractivity contribution in [2.24, 2.45) is 5.41 Å². The fourth-order valence-electron chi connectivity index (χ4n) is 3.54. The molecular formula is C24H29NO4. The molecule has 0 amide bonds. The molecule has 0 saturated carbocycles. The molecule has 1 aliphatic heterocycles. The second-order valence-electron chi connectivity index (χ2n) is 7.79. The maximum absolute atomic E-state index is 13.0. The van der Waals surface area contributed by atoms with Crippen LogP contribution in [0, 0.1) is 5.41 Å². The third-order valence-corrected chi connectivity index (χ3v) is 5.32. The van der Waals surface area contributed by atoms with Gasteiger partial charge in [0.15, 0.2) is 5.41 Å². The summed E-state index contributed by atoms with van der Waals surface area (Å²) in [5.74, 6) is -1.07. The molecule has 154 valence electrons. The Morgan fingerprint density at radius 2 is 1.24 bits per heavy atom. The molecule has 0 unspecified atom stereocenters. The Labute approximate surface area is 172 Å². The van der Waals surface area contributed by atoms with E-state index in [9.17, 15) is 9.59 Å². The van der Waals surface area contributed by atoms with E-state index >= 15 is 0 Å². The van der Waals surface area contributed by atoms with Gasteiger partial charge in [-0.15, -0.1) is 0 Å². The van der Waals surface area contributed by atoms with Gasteiger partial charge < -0.3 is 14.4 Å². The molecule has 0 bridgehead atoms. The van der Waals surface area contributed by atoms with Crippen molar-refractivity contribution in [3.63, 3.8) is 0 Å². The van der Waals surface area contributed by atoms with Crippen molar-refractivity contribution in [2.45, 2.75) is 39.4 Å². The number of rotatable bonds is 8. The van der Waals surface area contributed by atoms with Crippen LogP contribution in [0.25, 0.3) is 0 Å². The normalized spacial score (nSPS) is 14.9. The minimum atomic E-state index is -1.36.